The van der Waals surface area contributed by atoms with Gasteiger partial charge in [-0.1, -0.05) is 99.4 Å². The molecule has 0 aliphatic carbocycles. The number of carbonyl (C=O) groups excluding carboxylic acids is 4. The van der Waals surface area contributed by atoms with E-state index in [4.69, 9.17) is 0 Å². The number of rotatable bonds is 10. The lowest BCUT2D eigenvalue weighted by molar-refractivity contribution is 0.0636. The average molecular weight is 611 g/mol. The van der Waals surface area contributed by atoms with E-state index in [-0.39, 0.29) is 23.6 Å². The van der Waals surface area contributed by atoms with Gasteiger partial charge in [0.2, 0.25) is 0 Å². The van der Waals surface area contributed by atoms with E-state index in [1.807, 2.05) is 24.3 Å². The largest absolute Gasteiger partial charge is 0.274 e. The smallest absolute Gasteiger partial charge is 0.261 e. The van der Waals surface area contributed by atoms with Gasteiger partial charge in [0.05, 0.1) is 30.7 Å². The van der Waals surface area contributed by atoms with E-state index < -0.39 is 0 Å². The maximum atomic E-state index is 13.0. The molecule has 0 fully saturated rings. The first-order valence-electron chi connectivity index (χ1n) is 13.9. The molecular weight excluding hydrogens is 581 g/mol. The maximum absolute atomic E-state index is 13.0. The third-order valence-electron chi connectivity index (χ3n) is 7.52. The highest BCUT2D eigenvalue weighted by atomic mass is 32.2. The van der Waals surface area contributed by atoms with Gasteiger partial charge in [0.1, 0.15) is 0 Å². The molecule has 40 heavy (non-hydrogen) atoms. The van der Waals surface area contributed by atoms with E-state index >= 15 is 0 Å². The zero-order valence-corrected chi connectivity index (χ0v) is 25.8. The quantitative estimate of drug-likeness (QED) is 0.197. The fourth-order valence-electron chi connectivity index (χ4n) is 5.32. The summed E-state index contributed by atoms with van der Waals surface area (Å²) in [5.74, 6) is -0.755. The number of fused-ring (bicyclic) bond motifs is 4. The van der Waals surface area contributed by atoms with E-state index in [9.17, 15) is 19.2 Å². The predicted octanol–water partition coefficient (Wildman–Crippen LogP) is 8.26. The van der Waals surface area contributed by atoms with Crippen molar-refractivity contribution < 1.29 is 19.2 Å². The van der Waals surface area contributed by atoms with Crippen molar-refractivity contribution in [2.24, 2.45) is 0 Å². The Morgan fingerprint density at radius 1 is 0.475 bits per heavy atom. The summed E-state index contributed by atoms with van der Waals surface area (Å²) < 4.78 is 2.19. The lowest BCUT2D eigenvalue weighted by Gasteiger charge is -2.13. The molecule has 4 amide bonds. The van der Waals surface area contributed by atoms with Crippen LogP contribution in [-0.2, 0) is 0 Å². The van der Waals surface area contributed by atoms with Crippen LogP contribution in [0.15, 0.2) is 52.3 Å². The third kappa shape index (κ3) is 4.95. The van der Waals surface area contributed by atoms with Gasteiger partial charge in [-0.05, 0) is 37.1 Å². The van der Waals surface area contributed by atoms with Crippen LogP contribution in [0.2, 0.25) is 0 Å². The van der Waals surface area contributed by atoms with Crippen molar-refractivity contribution >= 4 is 70.7 Å². The number of carbonyl (C=O) groups is 4. The highest BCUT2D eigenvalue weighted by molar-refractivity contribution is 8.30. The number of imide groups is 2. The summed E-state index contributed by atoms with van der Waals surface area (Å²) in [6.07, 6.45) is 8.14. The number of nitrogens with zero attached hydrogens (tertiary/aromatic N) is 2. The first-order chi connectivity index (χ1) is 19.4. The van der Waals surface area contributed by atoms with E-state index in [2.05, 4.69) is 13.8 Å². The number of hydrogen-bond donors (Lipinski definition) is 0. The van der Waals surface area contributed by atoms with Crippen LogP contribution in [0.1, 0.15) is 107 Å². The summed E-state index contributed by atoms with van der Waals surface area (Å²) in [6.45, 7) is 5.23. The Morgan fingerprint density at radius 2 is 0.775 bits per heavy atom. The molecule has 0 saturated carbocycles. The molecule has 0 aromatic heterocycles. The highest BCUT2D eigenvalue weighted by Gasteiger charge is 2.40. The standard InChI is InChI=1S/C30H30N2O4S4/c1-3-5-7-9-11-31-25(33)17-13-21-22(14-18(17)26(31)34)38-29(37-21)30-39-23-15-19-20(16-24(23)40-30)28(36)32(27(19)35)12-10-8-6-4-2/h13-16H,3-12H2,1-2H3. The summed E-state index contributed by atoms with van der Waals surface area (Å²) in [5.41, 5.74) is 2.00. The van der Waals surface area contributed by atoms with Crippen LogP contribution in [0.4, 0.5) is 0 Å². The van der Waals surface area contributed by atoms with Gasteiger partial charge >= 0.3 is 0 Å². The molecule has 2 aromatic carbocycles. The summed E-state index contributed by atoms with van der Waals surface area (Å²) in [4.78, 5) is 58.9. The number of hydrogen-bond acceptors (Lipinski definition) is 8. The van der Waals surface area contributed by atoms with E-state index in [1.54, 1.807) is 47.0 Å². The molecule has 6 rings (SSSR count). The van der Waals surface area contributed by atoms with Gasteiger partial charge < -0.3 is 0 Å². The molecule has 4 heterocycles. The topological polar surface area (TPSA) is 74.8 Å². The molecule has 0 bridgehead atoms. The molecule has 4 aliphatic rings. The van der Waals surface area contributed by atoms with Crippen LogP contribution >= 0.6 is 47.0 Å². The van der Waals surface area contributed by atoms with Crippen molar-refractivity contribution in [3.8, 4) is 0 Å². The SMILES string of the molecule is CCCCCCN1C(=O)c2cc3c(cc2C1=O)SC(=C1Sc2cc4c(cc2S1)C(=O)N(CCCCCC)C4=O)S3. The zero-order chi connectivity index (χ0) is 28.0. The Kier molecular flexibility index (Phi) is 8.14. The molecule has 6 nitrogen and oxygen atoms in total. The van der Waals surface area contributed by atoms with Gasteiger partial charge in [0.25, 0.3) is 23.6 Å². The van der Waals surface area contributed by atoms with E-state index in [0.717, 1.165) is 79.4 Å². The van der Waals surface area contributed by atoms with Crippen molar-refractivity contribution in [2.45, 2.75) is 84.8 Å². The minimum absolute atomic E-state index is 0.189. The van der Waals surface area contributed by atoms with Crippen molar-refractivity contribution in [3.63, 3.8) is 0 Å². The summed E-state index contributed by atoms with van der Waals surface area (Å²) in [6, 6.07) is 7.50. The second-order valence-corrected chi connectivity index (χ2v) is 15.0. The van der Waals surface area contributed by atoms with Gasteiger partial charge in [-0.15, -0.1) is 0 Å². The third-order valence-corrected chi connectivity index (χ3v) is 13.1. The molecule has 0 saturated heterocycles. The second kappa shape index (κ2) is 11.6. The Hall–Kier alpha value is -2.14. The average Bonchev–Trinajstić information content (AvgIpc) is 3.67. The molecule has 4 aliphatic heterocycles. The number of thioether (sulfide) groups is 4. The van der Waals surface area contributed by atoms with Gasteiger partial charge in [-0.3, -0.25) is 29.0 Å². The second-order valence-electron chi connectivity index (χ2n) is 10.3. The van der Waals surface area contributed by atoms with E-state index in [1.165, 1.54) is 9.80 Å². The fourth-order valence-corrected chi connectivity index (χ4v) is 10.7. The maximum Gasteiger partial charge on any atom is 0.261 e. The normalized spacial score (nSPS) is 17.4. The minimum atomic E-state index is -0.189. The first kappa shape index (κ1) is 28.0. The molecule has 0 N–H and O–H groups in total. The van der Waals surface area contributed by atoms with Crippen molar-refractivity contribution in [1.29, 1.82) is 0 Å². The Labute approximate surface area is 251 Å². The van der Waals surface area contributed by atoms with E-state index in [0.29, 0.717) is 35.3 Å². The molecule has 0 atom stereocenters. The Morgan fingerprint density at radius 3 is 1.05 bits per heavy atom. The molecule has 0 unspecified atom stereocenters. The van der Waals surface area contributed by atoms with Gasteiger partial charge in [-0.25, -0.2) is 0 Å². The Balaban J connectivity index is 1.16. The number of benzene rings is 2. The van der Waals surface area contributed by atoms with Crippen molar-refractivity contribution in [2.75, 3.05) is 13.1 Å². The van der Waals surface area contributed by atoms with Crippen LogP contribution < -0.4 is 0 Å². The van der Waals surface area contributed by atoms with Gasteiger partial charge in [0.15, 0.2) is 0 Å². The first-order valence-corrected chi connectivity index (χ1v) is 17.2. The molecule has 208 valence electrons. The molecule has 0 radical (unpaired) electrons. The Bertz CT molecular complexity index is 1280. The molecule has 0 spiro atoms. The van der Waals surface area contributed by atoms with Crippen molar-refractivity contribution in [3.05, 3.63) is 55.0 Å². The highest BCUT2D eigenvalue weighted by Crippen LogP contribution is 2.62. The lowest BCUT2D eigenvalue weighted by Crippen LogP contribution is -2.30. The molecular formula is C30H30N2O4S4. The van der Waals surface area contributed by atoms with Crippen LogP contribution in [-0.4, -0.2) is 46.5 Å². The predicted molar refractivity (Wildman–Crippen MR) is 162 cm³/mol. The van der Waals surface area contributed by atoms with Gasteiger partial charge in [0, 0.05) is 32.7 Å². The van der Waals surface area contributed by atoms with Crippen LogP contribution in [0.5, 0.6) is 0 Å². The fraction of sp³-hybridized carbons (Fsp3) is 0.400. The van der Waals surface area contributed by atoms with Crippen LogP contribution in [0.25, 0.3) is 0 Å². The minimum Gasteiger partial charge on any atom is -0.274 e. The summed E-state index contributed by atoms with van der Waals surface area (Å²) in [7, 11) is 0. The number of unbranched alkanes of at least 4 members (excludes halogenated alkanes) is 6. The number of amides is 4. The summed E-state index contributed by atoms with van der Waals surface area (Å²) in [5, 5.41) is 0. The van der Waals surface area contributed by atoms with Crippen LogP contribution in [0.3, 0.4) is 0 Å². The van der Waals surface area contributed by atoms with Gasteiger partial charge in [-0.2, -0.15) is 0 Å². The zero-order valence-electron chi connectivity index (χ0n) is 22.5. The van der Waals surface area contributed by atoms with Crippen molar-refractivity contribution in [1.82, 2.24) is 9.80 Å². The monoisotopic (exact) mass is 610 g/mol. The van der Waals surface area contributed by atoms with Crippen LogP contribution in [0, 0.1) is 0 Å². The lowest BCUT2D eigenvalue weighted by atomic mass is 10.1. The molecule has 2 aromatic rings. The molecule has 10 heteroatoms. The summed E-state index contributed by atoms with van der Waals surface area (Å²) >= 11 is 6.47.